The fraction of sp³-hybridized carbons (Fsp3) is 0.400. The molecule has 0 spiro atoms. The van der Waals surface area contributed by atoms with Crippen LogP contribution in [0, 0.1) is 6.92 Å². The van der Waals surface area contributed by atoms with E-state index in [1.807, 2.05) is 12.2 Å². The summed E-state index contributed by atoms with van der Waals surface area (Å²) in [4.78, 5) is 31.3. The van der Waals surface area contributed by atoms with E-state index in [2.05, 4.69) is 20.8 Å². The van der Waals surface area contributed by atoms with Crippen LogP contribution < -0.4 is 10.6 Å². The van der Waals surface area contributed by atoms with Gasteiger partial charge in [-0.3, -0.25) is 9.59 Å². The third-order valence-electron chi connectivity index (χ3n) is 5.25. The van der Waals surface area contributed by atoms with Gasteiger partial charge in [-0.2, -0.15) is 0 Å². The quantitative estimate of drug-likeness (QED) is 0.744. The third kappa shape index (κ3) is 3.76. The molecule has 2 aliphatic rings. The molecule has 2 aromatic rings. The molecule has 146 valence electrons. The van der Waals surface area contributed by atoms with Gasteiger partial charge in [-0.15, -0.1) is 0 Å². The molecular weight excluding hydrogens is 358 g/mol. The second-order valence-electron chi connectivity index (χ2n) is 7.18. The lowest BCUT2D eigenvalue weighted by atomic mass is 9.93. The molecule has 8 nitrogen and oxygen atoms in total. The highest BCUT2D eigenvalue weighted by atomic mass is 16.5. The topological polar surface area (TPSA) is 100 Å². The molecule has 4 rings (SSSR count). The molecule has 2 amide bonds. The molecule has 28 heavy (non-hydrogen) atoms. The van der Waals surface area contributed by atoms with Crippen LogP contribution in [0.2, 0.25) is 0 Å². The Morgan fingerprint density at radius 2 is 2.21 bits per heavy atom. The molecule has 3 heterocycles. The van der Waals surface area contributed by atoms with E-state index in [0.29, 0.717) is 36.0 Å². The molecular formula is C20H23N5O3. The minimum absolute atomic E-state index is 0.0792. The highest BCUT2D eigenvalue weighted by molar-refractivity contribution is 5.96. The van der Waals surface area contributed by atoms with Crippen molar-refractivity contribution in [3.63, 3.8) is 0 Å². The Balaban J connectivity index is 1.39. The van der Waals surface area contributed by atoms with Crippen molar-refractivity contribution in [3.05, 3.63) is 53.6 Å². The van der Waals surface area contributed by atoms with E-state index in [1.54, 1.807) is 30.2 Å². The van der Waals surface area contributed by atoms with Gasteiger partial charge in [0.05, 0.1) is 11.7 Å². The van der Waals surface area contributed by atoms with Crippen LogP contribution in [0.4, 0.5) is 5.82 Å². The van der Waals surface area contributed by atoms with E-state index in [-0.39, 0.29) is 17.9 Å². The van der Waals surface area contributed by atoms with Gasteiger partial charge < -0.3 is 20.1 Å². The minimum Gasteiger partial charge on any atom is -0.367 e. The van der Waals surface area contributed by atoms with Gasteiger partial charge >= 0.3 is 0 Å². The first-order chi connectivity index (χ1) is 13.6. The normalized spacial score (nSPS) is 18.8. The van der Waals surface area contributed by atoms with Gasteiger partial charge in [0.15, 0.2) is 0 Å². The molecule has 0 saturated heterocycles. The molecule has 8 heteroatoms. The zero-order chi connectivity index (χ0) is 19.5. The molecule has 0 bridgehead atoms. The average Bonchev–Trinajstić information content (AvgIpc) is 3.31. The number of carbonyl (C=O) groups excluding carboxylic acids is 2. The van der Waals surface area contributed by atoms with Crippen molar-refractivity contribution in [2.24, 2.45) is 0 Å². The Bertz CT molecular complexity index is 903. The average molecular weight is 381 g/mol. The van der Waals surface area contributed by atoms with Gasteiger partial charge in [0.1, 0.15) is 17.6 Å². The second kappa shape index (κ2) is 7.84. The van der Waals surface area contributed by atoms with Crippen LogP contribution >= 0.6 is 0 Å². The number of pyridine rings is 1. The minimum atomic E-state index is -0.262. The summed E-state index contributed by atoms with van der Waals surface area (Å²) in [7, 11) is 0. The zero-order valence-corrected chi connectivity index (χ0v) is 15.7. The molecule has 1 aliphatic heterocycles. The van der Waals surface area contributed by atoms with Crippen molar-refractivity contribution in [1.82, 2.24) is 20.4 Å². The number of hydrogen-bond donors (Lipinski definition) is 2. The van der Waals surface area contributed by atoms with Gasteiger partial charge in [-0.25, -0.2) is 4.98 Å². The first-order valence-corrected chi connectivity index (χ1v) is 9.51. The second-order valence-corrected chi connectivity index (χ2v) is 7.18. The fourth-order valence-electron chi connectivity index (χ4n) is 3.36. The van der Waals surface area contributed by atoms with Gasteiger partial charge in [0.25, 0.3) is 11.8 Å². The highest BCUT2D eigenvalue weighted by Gasteiger charge is 2.27. The Morgan fingerprint density at radius 1 is 1.36 bits per heavy atom. The predicted molar refractivity (Wildman–Crippen MR) is 103 cm³/mol. The largest absolute Gasteiger partial charge is 0.367 e. The smallest absolute Gasteiger partial charge is 0.256 e. The van der Waals surface area contributed by atoms with Crippen molar-refractivity contribution in [2.45, 2.75) is 38.3 Å². The lowest BCUT2D eigenvalue weighted by Gasteiger charge is -2.27. The van der Waals surface area contributed by atoms with Crippen molar-refractivity contribution in [1.29, 1.82) is 0 Å². The van der Waals surface area contributed by atoms with Crippen molar-refractivity contribution < 1.29 is 14.1 Å². The number of carbonyl (C=O) groups is 2. The maximum Gasteiger partial charge on any atom is 0.256 e. The standard InChI is InChI=1S/C20H23N5O3/c1-13-17(12-28-24-13)19(26)22-11-16-6-3-9-25(16)20(27)14-7-8-21-18(10-14)23-15-4-2-5-15/h3,6-8,10,12,15-16H,2,4-5,9,11H2,1H3,(H,21,23)(H,22,26). The highest BCUT2D eigenvalue weighted by Crippen LogP contribution is 2.23. The van der Waals surface area contributed by atoms with Crippen LogP contribution in [0.1, 0.15) is 45.7 Å². The van der Waals surface area contributed by atoms with E-state index in [9.17, 15) is 9.59 Å². The Kier molecular flexibility index (Phi) is 5.10. The SMILES string of the molecule is Cc1nocc1C(=O)NCC1C=CCN1C(=O)c1ccnc(NC2CCC2)c1. The summed E-state index contributed by atoms with van der Waals surface area (Å²) in [5, 5.41) is 9.93. The van der Waals surface area contributed by atoms with Crippen LogP contribution in [0.15, 0.2) is 41.3 Å². The number of hydrogen-bond acceptors (Lipinski definition) is 6. The summed E-state index contributed by atoms with van der Waals surface area (Å²) < 4.78 is 4.81. The lowest BCUT2D eigenvalue weighted by Crippen LogP contribution is -2.43. The summed E-state index contributed by atoms with van der Waals surface area (Å²) >= 11 is 0. The Labute approximate surface area is 163 Å². The van der Waals surface area contributed by atoms with Crippen molar-refractivity contribution in [3.8, 4) is 0 Å². The summed E-state index contributed by atoms with van der Waals surface area (Å²) in [6.07, 6.45) is 10.4. The molecule has 1 aliphatic carbocycles. The van der Waals surface area contributed by atoms with Crippen LogP contribution in [0.25, 0.3) is 0 Å². The van der Waals surface area contributed by atoms with Gasteiger partial charge in [-0.05, 0) is 38.3 Å². The van der Waals surface area contributed by atoms with E-state index in [1.165, 1.54) is 12.7 Å². The zero-order valence-electron chi connectivity index (χ0n) is 15.7. The number of rotatable bonds is 6. The van der Waals surface area contributed by atoms with E-state index in [4.69, 9.17) is 4.52 Å². The van der Waals surface area contributed by atoms with Crippen LogP contribution in [-0.2, 0) is 0 Å². The molecule has 0 radical (unpaired) electrons. The number of aromatic nitrogens is 2. The number of aryl methyl sites for hydroxylation is 1. The van der Waals surface area contributed by atoms with Crippen LogP contribution in [-0.4, -0.2) is 52.0 Å². The summed E-state index contributed by atoms with van der Waals surface area (Å²) in [6.45, 7) is 2.55. The first kappa shape index (κ1) is 18.2. The summed E-state index contributed by atoms with van der Waals surface area (Å²) in [5.74, 6) is 0.391. The third-order valence-corrected chi connectivity index (χ3v) is 5.25. The molecule has 0 aromatic carbocycles. The van der Waals surface area contributed by atoms with Gasteiger partial charge in [-0.1, -0.05) is 17.3 Å². The molecule has 2 aromatic heterocycles. The molecule has 1 atom stereocenters. The molecule has 1 fully saturated rings. The monoisotopic (exact) mass is 381 g/mol. The van der Waals surface area contributed by atoms with Crippen molar-refractivity contribution >= 4 is 17.6 Å². The van der Waals surface area contributed by atoms with Gasteiger partial charge in [0, 0.05) is 30.9 Å². The lowest BCUT2D eigenvalue weighted by molar-refractivity contribution is 0.0739. The van der Waals surface area contributed by atoms with Gasteiger partial charge in [0.2, 0.25) is 0 Å². The number of amides is 2. The number of nitrogens with zero attached hydrogens (tertiary/aromatic N) is 3. The van der Waals surface area contributed by atoms with Crippen LogP contribution in [0.3, 0.4) is 0 Å². The number of nitrogens with one attached hydrogen (secondary N) is 2. The Hall–Kier alpha value is -3.16. The molecule has 1 unspecified atom stereocenters. The summed E-state index contributed by atoms with van der Waals surface area (Å²) in [5.41, 5.74) is 1.53. The number of anilines is 1. The molecule has 1 saturated carbocycles. The van der Waals surface area contributed by atoms with Crippen LogP contribution in [0.5, 0.6) is 0 Å². The first-order valence-electron chi connectivity index (χ1n) is 9.51. The molecule has 2 N–H and O–H groups in total. The van der Waals surface area contributed by atoms with E-state index >= 15 is 0 Å². The predicted octanol–water partition coefficient (Wildman–Crippen LogP) is 2.15. The Morgan fingerprint density at radius 3 is 2.93 bits per heavy atom. The van der Waals surface area contributed by atoms with E-state index in [0.717, 1.165) is 18.7 Å². The maximum absolute atomic E-state index is 13.0. The van der Waals surface area contributed by atoms with E-state index < -0.39 is 0 Å². The van der Waals surface area contributed by atoms with Crippen molar-refractivity contribution in [2.75, 3.05) is 18.4 Å². The summed E-state index contributed by atoms with van der Waals surface area (Å²) in [6, 6.07) is 3.78. The maximum atomic E-state index is 13.0. The fourth-order valence-corrected chi connectivity index (χ4v) is 3.36.